The molecule has 0 radical (unpaired) electrons. The molecule has 3 aromatic carbocycles. The second-order valence-corrected chi connectivity index (χ2v) is 7.79. The summed E-state index contributed by atoms with van der Waals surface area (Å²) >= 11 is 6.20. The minimum atomic E-state index is 0.376. The second kappa shape index (κ2) is 9.31. The third-order valence-electron chi connectivity index (χ3n) is 5.25. The van der Waals surface area contributed by atoms with E-state index in [1.807, 2.05) is 54.6 Å². The van der Waals surface area contributed by atoms with Crippen LogP contribution in [0.15, 0.2) is 60.7 Å². The lowest BCUT2D eigenvalue weighted by atomic mass is 10.1. The summed E-state index contributed by atoms with van der Waals surface area (Å²) in [6.07, 6.45) is 0.811. The molecule has 5 nitrogen and oxygen atoms in total. The number of fused-ring (bicyclic) bond motifs is 1. The predicted molar refractivity (Wildman–Crippen MR) is 124 cm³/mol. The molecule has 0 aliphatic carbocycles. The van der Waals surface area contributed by atoms with Gasteiger partial charge in [0, 0.05) is 11.6 Å². The van der Waals surface area contributed by atoms with Crippen molar-refractivity contribution in [1.29, 1.82) is 0 Å². The highest BCUT2D eigenvalue weighted by Crippen LogP contribution is 2.28. The topological polar surface area (TPSA) is 45.5 Å². The summed E-state index contributed by atoms with van der Waals surface area (Å²) in [4.78, 5) is 4.79. The highest BCUT2D eigenvalue weighted by molar-refractivity contribution is 6.31. The molecule has 1 heterocycles. The highest BCUT2D eigenvalue weighted by Gasteiger charge is 2.13. The van der Waals surface area contributed by atoms with Crippen LogP contribution < -0.4 is 14.2 Å². The fourth-order valence-electron chi connectivity index (χ4n) is 3.57. The zero-order valence-corrected chi connectivity index (χ0v) is 18.6. The van der Waals surface area contributed by atoms with Gasteiger partial charge in [-0.25, -0.2) is 4.98 Å². The molecular formula is C25H25ClN2O3. The van der Waals surface area contributed by atoms with Crippen molar-refractivity contribution in [2.45, 2.75) is 26.5 Å². The lowest BCUT2D eigenvalue weighted by Crippen LogP contribution is -2.09. The van der Waals surface area contributed by atoms with Gasteiger partial charge in [-0.15, -0.1) is 0 Å². The number of halogens is 1. The average molecular weight is 437 g/mol. The number of ether oxygens (including phenoxy) is 3. The summed E-state index contributed by atoms with van der Waals surface area (Å²) in [6.45, 7) is 3.18. The molecule has 0 saturated heterocycles. The predicted octanol–water partition coefficient (Wildman–Crippen LogP) is 5.84. The first-order valence-corrected chi connectivity index (χ1v) is 10.5. The lowest BCUT2D eigenvalue weighted by Gasteiger charge is -2.12. The maximum atomic E-state index is 6.20. The van der Waals surface area contributed by atoms with E-state index in [2.05, 4.69) is 17.6 Å². The normalized spacial score (nSPS) is 11.0. The Kier molecular flexibility index (Phi) is 6.33. The third kappa shape index (κ3) is 4.78. The molecule has 31 heavy (non-hydrogen) atoms. The molecule has 4 rings (SSSR count). The van der Waals surface area contributed by atoms with Crippen LogP contribution in [0, 0.1) is 6.92 Å². The van der Waals surface area contributed by atoms with E-state index in [0.29, 0.717) is 11.6 Å². The Bertz CT molecular complexity index is 1190. The van der Waals surface area contributed by atoms with Crippen molar-refractivity contribution in [1.82, 2.24) is 9.55 Å². The highest BCUT2D eigenvalue weighted by atomic mass is 35.5. The molecular weight excluding hydrogens is 412 g/mol. The molecule has 0 bridgehead atoms. The summed E-state index contributed by atoms with van der Waals surface area (Å²) in [7, 11) is 3.29. The zero-order chi connectivity index (χ0) is 21.8. The number of imidazole rings is 1. The minimum Gasteiger partial charge on any atom is -0.493 e. The van der Waals surface area contributed by atoms with E-state index in [4.69, 9.17) is 30.8 Å². The van der Waals surface area contributed by atoms with E-state index in [1.165, 1.54) is 5.56 Å². The molecule has 0 spiro atoms. The third-order valence-corrected chi connectivity index (χ3v) is 5.49. The Morgan fingerprint density at radius 2 is 1.68 bits per heavy atom. The van der Waals surface area contributed by atoms with Crippen LogP contribution in [0.3, 0.4) is 0 Å². The van der Waals surface area contributed by atoms with Gasteiger partial charge >= 0.3 is 0 Å². The summed E-state index contributed by atoms with van der Waals surface area (Å²) in [6, 6.07) is 19.8. The van der Waals surface area contributed by atoms with Crippen molar-refractivity contribution < 1.29 is 14.2 Å². The number of aromatic nitrogens is 2. The molecule has 0 aliphatic rings. The molecule has 0 atom stereocenters. The quantitative estimate of drug-likeness (QED) is 0.348. The number of hydrogen-bond donors (Lipinski definition) is 0. The number of rotatable bonds is 8. The van der Waals surface area contributed by atoms with Gasteiger partial charge in [-0.05, 0) is 61.4 Å². The largest absolute Gasteiger partial charge is 0.493 e. The fraction of sp³-hybridized carbons (Fsp3) is 0.240. The fourth-order valence-corrected chi connectivity index (χ4v) is 3.74. The molecule has 0 saturated carbocycles. The van der Waals surface area contributed by atoms with Gasteiger partial charge in [-0.1, -0.05) is 35.4 Å². The molecule has 0 unspecified atom stereocenters. The van der Waals surface area contributed by atoms with Crippen molar-refractivity contribution in [3.63, 3.8) is 0 Å². The van der Waals surface area contributed by atoms with E-state index in [9.17, 15) is 0 Å². The van der Waals surface area contributed by atoms with Crippen LogP contribution in [0.2, 0.25) is 5.02 Å². The van der Waals surface area contributed by atoms with Gasteiger partial charge < -0.3 is 18.8 Å². The SMILES string of the molecule is COc1ccc(CCn2c(COc3ccc(C)cc3)nc3cc(Cl)ccc32)cc1OC. The Morgan fingerprint density at radius 3 is 2.42 bits per heavy atom. The maximum absolute atomic E-state index is 6.20. The van der Waals surface area contributed by atoms with Gasteiger partial charge in [0.15, 0.2) is 11.5 Å². The van der Waals surface area contributed by atoms with Crippen LogP contribution in [-0.4, -0.2) is 23.8 Å². The summed E-state index contributed by atoms with van der Waals surface area (Å²) in [5, 5.41) is 0.669. The van der Waals surface area contributed by atoms with Crippen molar-refractivity contribution in [2.75, 3.05) is 14.2 Å². The molecule has 0 fully saturated rings. The number of aryl methyl sites for hydroxylation is 3. The maximum Gasteiger partial charge on any atom is 0.160 e. The standard InChI is InChI=1S/C25H25ClN2O3/c1-17-4-8-20(9-5-17)31-16-25-27-21-15-19(26)7-10-22(21)28(25)13-12-18-6-11-23(29-2)24(14-18)30-3/h4-11,14-15H,12-13,16H2,1-3H3. The van der Waals surface area contributed by atoms with E-state index in [0.717, 1.165) is 52.6 Å². The Hall–Kier alpha value is -3.18. The second-order valence-electron chi connectivity index (χ2n) is 7.35. The van der Waals surface area contributed by atoms with Gasteiger partial charge in [0.25, 0.3) is 0 Å². The van der Waals surface area contributed by atoms with E-state index >= 15 is 0 Å². The Balaban J connectivity index is 1.59. The zero-order valence-electron chi connectivity index (χ0n) is 17.9. The molecule has 160 valence electrons. The van der Waals surface area contributed by atoms with Crippen LogP contribution in [-0.2, 0) is 19.6 Å². The molecule has 0 N–H and O–H groups in total. The molecule has 0 amide bonds. The van der Waals surface area contributed by atoms with Crippen molar-refractivity contribution >= 4 is 22.6 Å². The number of hydrogen-bond acceptors (Lipinski definition) is 4. The van der Waals surface area contributed by atoms with Crippen LogP contribution in [0.4, 0.5) is 0 Å². The summed E-state index contributed by atoms with van der Waals surface area (Å²) < 4.78 is 19.0. The first-order chi connectivity index (χ1) is 15.1. The van der Waals surface area contributed by atoms with Crippen molar-refractivity contribution in [3.8, 4) is 17.2 Å². The molecule has 1 aromatic heterocycles. The van der Waals surface area contributed by atoms with Crippen LogP contribution in [0.1, 0.15) is 17.0 Å². The van der Waals surface area contributed by atoms with Crippen molar-refractivity contribution in [2.24, 2.45) is 0 Å². The average Bonchev–Trinajstić information content (AvgIpc) is 3.13. The van der Waals surface area contributed by atoms with Crippen LogP contribution >= 0.6 is 11.6 Å². The monoisotopic (exact) mass is 436 g/mol. The summed E-state index contributed by atoms with van der Waals surface area (Å²) in [5.41, 5.74) is 4.25. The Labute approximate surface area is 187 Å². The molecule has 4 aromatic rings. The smallest absolute Gasteiger partial charge is 0.160 e. The van der Waals surface area contributed by atoms with E-state index < -0.39 is 0 Å². The lowest BCUT2D eigenvalue weighted by molar-refractivity contribution is 0.290. The van der Waals surface area contributed by atoms with Gasteiger partial charge in [0.1, 0.15) is 18.2 Å². The van der Waals surface area contributed by atoms with Gasteiger partial charge in [0.2, 0.25) is 0 Å². The number of nitrogens with zero attached hydrogens (tertiary/aromatic N) is 2. The number of methoxy groups -OCH3 is 2. The Morgan fingerprint density at radius 1 is 0.903 bits per heavy atom. The molecule has 6 heteroatoms. The van der Waals surface area contributed by atoms with Crippen molar-refractivity contribution in [3.05, 3.63) is 82.6 Å². The molecule has 0 aliphatic heterocycles. The van der Waals surface area contributed by atoms with E-state index in [1.54, 1.807) is 14.2 Å². The van der Waals surface area contributed by atoms with E-state index in [-0.39, 0.29) is 0 Å². The first-order valence-electron chi connectivity index (χ1n) is 10.1. The van der Waals surface area contributed by atoms with Gasteiger partial charge in [-0.2, -0.15) is 0 Å². The first kappa shape index (κ1) is 21.1. The van der Waals surface area contributed by atoms with Crippen LogP contribution in [0.25, 0.3) is 11.0 Å². The van der Waals surface area contributed by atoms with Gasteiger partial charge in [-0.3, -0.25) is 0 Å². The minimum absolute atomic E-state index is 0.376. The number of benzene rings is 3. The summed E-state index contributed by atoms with van der Waals surface area (Å²) in [5.74, 6) is 3.13. The van der Waals surface area contributed by atoms with Crippen LogP contribution in [0.5, 0.6) is 17.2 Å². The van der Waals surface area contributed by atoms with Gasteiger partial charge in [0.05, 0.1) is 25.3 Å².